The Bertz CT molecular complexity index is 210. The van der Waals surface area contributed by atoms with E-state index in [1.54, 1.807) is 6.66 Å². The molecule has 0 aliphatic rings. The Morgan fingerprint density at radius 3 is 2.38 bits per heavy atom. The van der Waals surface area contributed by atoms with Gasteiger partial charge in [-0.2, -0.15) is 0 Å². The van der Waals surface area contributed by atoms with Crippen molar-refractivity contribution in [3.63, 3.8) is 0 Å². The van der Waals surface area contributed by atoms with Crippen molar-refractivity contribution >= 4 is 18.0 Å². The third kappa shape index (κ3) is 8.63. The molecule has 0 saturated heterocycles. The van der Waals surface area contributed by atoms with Crippen molar-refractivity contribution < 1.29 is 9.09 Å². The molecule has 0 aromatic carbocycles. The van der Waals surface area contributed by atoms with Crippen molar-refractivity contribution in [2.45, 2.75) is 33.6 Å². The van der Waals surface area contributed by atoms with Gasteiger partial charge in [0, 0.05) is 19.0 Å². The summed E-state index contributed by atoms with van der Waals surface area (Å²) in [7, 11) is 0. The molecule has 0 N–H and O–H groups in total. The van der Waals surface area contributed by atoms with Crippen LogP contribution in [0.3, 0.4) is 0 Å². The monoisotopic (exact) mass is 267 g/mol. The molecule has 0 heterocycles. The number of hydrogen-bond donors (Lipinski definition) is 0. The molecule has 0 aliphatic heterocycles. The third-order valence-electron chi connectivity index (χ3n) is 2.45. The van der Waals surface area contributed by atoms with Crippen LogP contribution < -0.4 is 0 Å². The molecule has 1 unspecified atom stereocenters. The van der Waals surface area contributed by atoms with Crippen LogP contribution in [0.2, 0.25) is 0 Å². The van der Waals surface area contributed by atoms with Crippen LogP contribution in [0.15, 0.2) is 0 Å². The maximum absolute atomic E-state index is 12.0. The highest BCUT2D eigenvalue weighted by Gasteiger charge is 2.16. The van der Waals surface area contributed by atoms with Gasteiger partial charge in [0.2, 0.25) is 0 Å². The number of hydrogen-bond acceptors (Lipinski definition) is 4. The summed E-state index contributed by atoms with van der Waals surface area (Å²) in [6.07, 6.45) is 2.08. The van der Waals surface area contributed by atoms with Crippen LogP contribution in [0, 0.1) is 0 Å². The van der Waals surface area contributed by atoms with Crippen LogP contribution in [0.4, 0.5) is 0 Å². The molecule has 5 heteroatoms. The van der Waals surface area contributed by atoms with Gasteiger partial charge in [-0.25, -0.2) is 0 Å². The van der Waals surface area contributed by atoms with Gasteiger partial charge in [0.15, 0.2) is 0 Å². The normalized spacial score (nSPS) is 15.3. The Morgan fingerprint density at radius 2 is 1.88 bits per heavy atom. The van der Waals surface area contributed by atoms with Crippen molar-refractivity contribution in [3.8, 4) is 0 Å². The third-order valence-corrected chi connectivity index (χ3v) is 6.21. The van der Waals surface area contributed by atoms with Crippen molar-refractivity contribution in [2.24, 2.45) is 0 Å². The van der Waals surface area contributed by atoms with Crippen LogP contribution in [0.1, 0.15) is 33.6 Å². The summed E-state index contributed by atoms with van der Waals surface area (Å²) >= 11 is 1.48. The molecule has 98 valence electrons. The fourth-order valence-electron chi connectivity index (χ4n) is 1.29. The van der Waals surface area contributed by atoms with Gasteiger partial charge >= 0.3 is 0 Å². The highest BCUT2D eigenvalue weighted by Crippen LogP contribution is 2.56. The molecule has 0 fully saturated rings. The van der Waals surface area contributed by atoms with E-state index < -0.39 is 6.57 Å². The fourth-order valence-corrected chi connectivity index (χ4v) is 4.18. The van der Waals surface area contributed by atoms with Crippen LogP contribution in [-0.2, 0) is 9.09 Å². The molecule has 0 radical (unpaired) electrons. The van der Waals surface area contributed by atoms with Gasteiger partial charge in [-0.15, -0.1) is 0 Å². The molecule has 1 atom stereocenters. The molecule has 0 rings (SSSR count). The van der Waals surface area contributed by atoms with Crippen LogP contribution in [0.5, 0.6) is 0 Å². The van der Waals surface area contributed by atoms with Gasteiger partial charge in [-0.3, -0.25) is 4.57 Å². The minimum atomic E-state index is -2.41. The molecule has 0 bridgehead atoms. The zero-order valence-electron chi connectivity index (χ0n) is 11.1. The lowest BCUT2D eigenvalue weighted by Crippen LogP contribution is -2.25. The standard InChI is InChI=1S/C11H26NO2PS/c1-5-8-10-14-15(4,13)16-11-9-12(6-2)7-3/h5-11H2,1-4H3. The first-order valence-electron chi connectivity index (χ1n) is 6.14. The summed E-state index contributed by atoms with van der Waals surface area (Å²) < 4.78 is 17.4. The zero-order valence-corrected chi connectivity index (χ0v) is 12.8. The molecule has 3 nitrogen and oxygen atoms in total. The first-order chi connectivity index (χ1) is 7.55. The lowest BCUT2D eigenvalue weighted by atomic mass is 10.4. The number of unbranched alkanes of at least 4 members (excludes halogenated alkanes) is 1. The van der Waals surface area contributed by atoms with Gasteiger partial charge in [-0.05, 0) is 19.5 Å². The second-order valence-corrected chi connectivity index (χ2v) is 9.05. The summed E-state index contributed by atoms with van der Waals surface area (Å²) in [5.41, 5.74) is 0. The minimum Gasteiger partial charge on any atom is -0.321 e. The van der Waals surface area contributed by atoms with Crippen LogP contribution >= 0.6 is 18.0 Å². The number of nitrogens with zero attached hydrogens (tertiary/aromatic N) is 1. The lowest BCUT2D eigenvalue weighted by molar-refractivity contribution is 0.318. The second-order valence-electron chi connectivity index (χ2n) is 3.82. The molecular formula is C11H26NO2PS. The van der Waals surface area contributed by atoms with Gasteiger partial charge in [0.05, 0.1) is 6.61 Å². The van der Waals surface area contributed by atoms with E-state index in [9.17, 15) is 4.57 Å². The van der Waals surface area contributed by atoms with Gasteiger partial charge in [0.1, 0.15) is 0 Å². The summed E-state index contributed by atoms with van der Waals surface area (Å²) in [5, 5.41) is 0. The predicted molar refractivity (Wildman–Crippen MR) is 74.6 cm³/mol. The Kier molecular flexibility index (Phi) is 9.82. The van der Waals surface area contributed by atoms with E-state index in [-0.39, 0.29) is 0 Å². The maximum atomic E-state index is 12.0. The second kappa shape index (κ2) is 9.52. The van der Waals surface area contributed by atoms with E-state index in [0.717, 1.165) is 38.2 Å². The van der Waals surface area contributed by atoms with Crippen molar-refractivity contribution in [1.29, 1.82) is 0 Å². The highest BCUT2D eigenvalue weighted by atomic mass is 32.7. The van der Waals surface area contributed by atoms with Gasteiger partial charge in [0.25, 0.3) is 6.57 Å². The van der Waals surface area contributed by atoms with Crippen LogP contribution in [-0.4, -0.2) is 43.6 Å². The molecule has 0 aromatic heterocycles. The minimum absolute atomic E-state index is 0.628. The lowest BCUT2D eigenvalue weighted by Gasteiger charge is -2.19. The fraction of sp³-hybridized carbons (Fsp3) is 1.00. The topological polar surface area (TPSA) is 29.5 Å². The summed E-state index contributed by atoms with van der Waals surface area (Å²) in [6, 6.07) is 0. The predicted octanol–water partition coefficient (Wildman–Crippen LogP) is 3.70. The van der Waals surface area contributed by atoms with Gasteiger partial charge < -0.3 is 9.42 Å². The smallest absolute Gasteiger partial charge is 0.254 e. The van der Waals surface area contributed by atoms with Crippen LogP contribution in [0.25, 0.3) is 0 Å². The van der Waals surface area contributed by atoms with Crippen molar-refractivity contribution in [3.05, 3.63) is 0 Å². The summed E-state index contributed by atoms with van der Waals surface area (Å²) in [5.74, 6) is 0.890. The van der Waals surface area contributed by atoms with E-state index >= 15 is 0 Å². The quantitative estimate of drug-likeness (QED) is 0.446. The molecular weight excluding hydrogens is 241 g/mol. The Balaban J connectivity index is 3.68. The highest BCUT2D eigenvalue weighted by molar-refractivity contribution is 8.56. The van der Waals surface area contributed by atoms with E-state index in [4.69, 9.17) is 4.52 Å². The molecule has 0 aliphatic carbocycles. The van der Waals surface area contributed by atoms with E-state index in [1.807, 2.05) is 0 Å². The average molecular weight is 267 g/mol. The SMILES string of the molecule is CCCCOP(C)(=O)SCCN(CC)CC. The summed E-state index contributed by atoms with van der Waals surface area (Å²) in [4.78, 5) is 2.33. The van der Waals surface area contributed by atoms with Crippen molar-refractivity contribution in [1.82, 2.24) is 4.90 Å². The average Bonchev–Trinajstić information content (AvgIpc) is 2.24. The first kappa shape index (κ1) is 16.5. The molecule has 0 spiro atoms. The van der Waals surface area contributed by atoms with E-state index in [2.05, 4.69) is 25.7 Å². The molecule has 16 heavy (non-hydrogen) atoms. The Morgan fingerprint density at radius 1 is 1.25 bits per heavy atom. The van der Waals surface area contributed by atoms with E-state index in [1.165, 1.54) is 11.4 Å². The summed E-state index contributed by atoms with van der Waals surface area (Å²) in [6.45, 7) is 9.47. The molecule has 0 amide bonds. The molecule has 0 saturated carbocycles. The zero-order chi connectivity index (χ0) is 12.4. The van der Waals surface area contributed by atoms with E-state index in [0.29, 0.717) is 6.61 Å². The number of rotatable bonds is 10. The van der Waals surface area contributed by atoms with Crippen molar-refractivity contribution in [2.75, 3.05) is 38.7 Å². The maximum Gasteiger partial charge on any atom is 0.254 e. The molecule has 0 aromatic rings. The largest absolute Gasteiger partial charge is 0.321 e. The Hall–Kier alpha value is 0.500. The Labute approximate surface area is 105 Å². The van der Waals surface area contributed by atoms with Gasteiger partial charge in [-0.1, -0.05) is 38.6 Å². The first-order valence-corrected chi connectivity index (χ1v) is 9.80.